The van der Waals surface area contributed by atoms with Crippen molar-refractivity contribution in [3.8, 4) is 0 Å². The normalized spacial score (nSPS) is 20.5. The molecular weight excluding hydrogens is 394 g/mol. The number of hydrogen-bond donors (Lipinski definition) is 3. The van der Waals surface area contributed by atoms with Gasteiger partial charge in [-0.1, -0.05) is 31.4 Å². The number of imide groups is 1. The highest BCUT2D eigenvalue weighted by Crippen LogP contribution is 2.29. The summed E-state index contributed by atoms with van der Waals surface area (Å²) < 4.78 is 0. The molecule has 2 heterocycles. The van der Waals surface area contributed by atoms with Crippen molar-refractivity contribution in [2.45, 2.75) is 76.2 Å². The number of carboxylic acids is 1. The molecule has 0 saturated carbocycles. The van der Waals surface area contributed by atoms with Gasteiger partial charge in [-0.25, -0.2) is 0 Å². The van der Waals surface area contributed by atoms with Gasteiger partial charge in [0.05, 0.1) is 0 Å². The van der Waals surface area contributed by atoms with E-state index in [-0.39, 0.29) is 17.9 Å². The maximum Gasteiger partial charge on any atom is 0.303 e. The second-order valence-electron chi connectivity index (χ2n) is 8.80. The first-order valence-corrected chi connectivity index (χ1v) is 11.7. The Morgan fingerprint density at radius 1 is 1.00 bits per heavy atom. The molecule has 2 fully saturated rings. The van der Waals surface area contributed by atoms with Crippen molar-refractivity contribution in [3.63, 3.8) is 0 Å². The quantitative estimate of drug-likeness (QED) is 0.368. The Bertz CT molecular complexity index is 742. The van der Waals surface area contributed by atoms with Crippen molar-refractivity contribution >= 4 is 23.5 Å². The van der Waals surface area contributed by atoms with Crippen LogP contribution in [-0.2, 0) is 14.4 Å². The van der Waals surface area contributed by atoms with Crippen molar-refractivity contribution in [2.75, 3.05) is 25.0 Å². The number of nitrogens with one attached hydrogen (secondary N) is 2. The first-order valence-electron chi connectivity index (χ1n) is 11.7. The van der Waals surface area contributed by atoms with Crippen LogP contribution in [0.5, 0.6) is 0 Å². The van der Waals surface area contributed by atoms with E-state index in [2.05, 4.69) is 27.7 Å². The Labute approximate surface area is 184 Å². The Kier molecular flexibility index (Phi) is 8.88. The molecule has 3 N–H and O–H groups in total. The van der Waals surface area contributed by atoms with E-state index in [1.165, 1.54) is 31.2 Å². The van der Waals surface area contributed by atoms with E-state index in [9.17, 15) is 14.4 Å². The fraction of sp³-hybridized carbons (Fsp3) is 0.625. The van der Waals surface area contributed by atoms with Crippen molar-refractivity contribution in [2.24, 2.45) is 0 Å². The summed E-state index contributed by atoms with van der Waals surface area (Å²) in [7, 11) is 0. The standard InChI is InChI=1S/C24H35N3O4/c28-22-12-11-21(24(31)26-22)25-20-9-7-18(8-10-20)19-13-16-27(17-14-19)15-5-3-1-2-4-6-23(29)30/h7-10,19,21,25H,1-6,11-17H2,(H,29,30)(H,26,28,31)/t21-/m1/s1. The van der Waals surface area contributed by atoms with Gasteiger partial charge in [0.2, 0.25) is 11.8 Å². The van der Waals surface area contributed by atoms with Gasteiger partial charge in [0.15, 0.2) is 0 Å². The summed E-state index contributed by atoms with van der Waals surface area (Å²) in [4.78, 5) is 36.2. The van der Waals surface area contributed by atoms with Crippen LogP contribution in [0.25, 0.3) is 0 Å². The molecule has 1 aromatic carbocycles. The molecule has 7 nitrogen and oxygen atoms in total. The third kappa shape index (κ3) is 7.65. The van der Waals surface area contributed by atoms with E-state index in [1.54, 1.807) is 0 Å². The van der Waals surface area contributed by atoms with Gasteiger partial charge in [0, 0.05) is 18.5 Å². The summed E-state index contributed by atoms with van der Waals surface area (Å²) in [6.45, 7) is 3.39. The third-order valence-corrected chi connectivity index (χ3v) is 6.41. The number of piperidine rings is 2. The van der Waals surface area contributed by atoms with E-state index < -0.39 is 5.97 Å². The highest BCUT2D eigenvalue weighted by atomic mass is 16.4. The lowest BCUT2D eigenvalue weighted by Crippen LogP contribution is -2.47. The molecule has 0 bridgehead atoms. The number of anilines is 1. The molecule has 0 radical (unpaired) electrons. The monoisotopic (exact) mass is 429 g/mol. The van der Waals surface area contributed by atoms with Crippen molar-refractivity contribution in [3.05, 3.63) is 29.8 Å². The van der Waals surface area contributed by atoms with Gasteiger partial charge in [-0.15, -0.1) is 0 Å². The molecule has 0 unspecified atom stereocenters. The van der Waals surface area contributed by atoms with Crippen LogP contribution in [0.4, 0.5) is 5.69 Å². The van der Waals surface area contributed by atoms with Crippen LogP contribution in [0.1, 0.15) is 75.7 Å². The number of carbonyl (C=O) groups excluding carboxylic acids is 2. The number of likely N-dealkylation sites (tertiary alicyclic amines) is 1. The van der Waals surface area contributed by atoms with Crippen molar-refractivity contribution in [1.29, 1.82) is 0 Å². The van der Waals surface area contributed by atoms with Gasteiger partial charge < -0.3 is 15.3 Å². The molecule has 1 aromatic rings. The van der Waals surface area contributed by atoms with Crippen LogP contribution in [-0.4, -0.2) is 53.5 Å². The fourth-order valence-electron chi connectivity index (χ4n) is 4.52. The Morgan fingerprint density at radius 3 is 2.35 bits per heavy atom. The number of benzene rings is 1. The number of amides is 2. The summed E-state index contributed by atoms with van der Waals surface area (Å²) in [5.41, 5.74) is 2.27. The van der Waals surface area contributed by atoms with Crippen LogP contribution in [0.3, 0.4) is 0 Å². The summed E-state index contributed by atoms with van der Waals surface area (Å²) in [6.07, 6.45) is 8.85. The SMILES string of the molecule is O=C(O)CCCCCCCN1CCC(c2ccc(N[C@@H]3CCC(=O)NC3=O)cc2)CC1. The maximum atomic E-state index is 11.9. The maximum absolute atomic E-state index is 11.9. The second-order valence-corrected chi connectivity index (χ2v) is 8.80. The van der Waals surface area contributed by atoms with Gasteiger partial charge in [0.25, 0.3) is 0 Å². The molecular formula is C24H35N3O4. The molecule has 0 aliphatic carbocycles. The van der Waals surface area contributed by atoms with Crippen LogP contribution in [0, 0.1) is 0 Å². The summed E-state index contributed by atoms with van der Waals surface area (Å²) in [6, 6.07) is 8.05. The van der Waals surface area contributed by atoms with E-state index in [4.69, 9.17) is 5.11 Å². The van der Waals surface area contributed by atoms with E-state index >= 15 is 0 Å². The first-order chi connectivity index (χ1) is 15.0. The molecule has 0 aromatic heterocycles. The molecule has 0 spiro atoms. The number of nitrogens with zero attached hydrogens (tertiary/aromatic N) is 1. The smallest absolute Gasteiger partial charge is 0.303 e. The molecule has 3 rings (SSSR count). The molecule has 170 valence electrons. The lowest BCUT2D eigenvalue weighted by atomic mass is 9.89. The second kappa shape index (κ2) is 11.8. The summed E-state index contributed by atoms with van der Waals surface area (Å²) >= 11 is 0. The molecule has 1 atom stereocenters. The lowest BCUT2D eigenvalue weighted by Gasteiger charge is -2.32. The fourth-order valence-corrected chi connectivity index (χ4v) is 4.52. The highest BCUT2D eigenvalue weighted by Gasteiger charge is 2.26. The van der Waals surface area contributed by atoms with Crippen LogP contribution >= 0.6 is 0 Å². The minimum atomic E-state index is -0.692. The van der Waals surface area contributed by atoms with E-state index in [1.807, 2.05) is 12.1 Å². The molecule has 2 amide bonds. The number of unbranched alkanes of at least 4 members (excludes halogenated alkanes) is 4. The number of carboxylic acid groups (broad SMARTS) is 1. The first kappa shape index (κ1) is 23.3. The van der Waals surface area contributed by atoms with E-state index in [0.29, 0.717) is 25.2 Å². The van der Waals surface area contributed by atoms with Crippen molar-refractivity contribution in [1.82, 2.24) is 10.2 Å². The van der Waals surface area contributed by atoms with Gasteiger partial charge in [-0.3, -0.25) is 19.7 Å². The van der Waals surface area contributed by atoms with E-state index in [0.717, 1.165) is 44.6 Å². The Morgan fingerprint density at radius 2 is 1.68 bits per heavy atom. The van der Waals surface area contributed by atoms with Gasteiger partial charge in [0.1, 0.15) is 6.04 Å². The predicted octanol–water partition coefficient (Wildman–Crippen LogP) is 3.51. The average Bonchev–Trinajstić information content (AvgIpc) is 2.76. The number of aliphatic carboxylic acids is 1. The zero-order chi connectivity index (χ0) is 22.1. The molecule has 31 heavy (non-hydrogen) atoms. The third-order valence-electron chi connectivity index (χ3n) is 6.41. The summed E-state index contributed by atoms with van der Waals surface area (Å²) in [5.74, 6) is -0.548. The largest absolute Gasteiger partial charge is 0.481 e. The van der Waals surface area contributed by atoms with Crippen LogP contribution in [0.2, 0.25) is 0 Å². The van der Waals surface area contributed by atoms with Gasteiger partial charge >= 0.3 is 5.97 Å². The average molecular weight is 430 g/mol. The molecule has 2 aliphatic rings. The number of carbonyl (C=O) groups is 3. The number of hydrogen-bond acceptors (Lipinski definition) is 5. The lowest BCUT2D eigenvalue weighted by molar-refractivity contribution is -0.137. The molecule has 2 saturated heterocycles. The number of rotatable bonds is 11. The van der Waals surface area contributed by atoms with Gasteiger partial charge in [-0.05, 0) is 75.4 Å². The zero-order valence-electron chi connectivity index (χ0n) is 18.3. The Balaban J connectivity index is 1.33. The topological polar surface area (TPSA) is 98.7 Å². The highest BCUT2D eigenvalue weighted by molar-refractivity contribution is 6.01. The molecule has 7 heteroatoms. The van der Waals surface area contributed by atoms with Crippen LogP contribution in [0.15, 0.2) is 24.3 Å². The molecule has 2 aliphatic heterocycles. The Hall–Kier alpha value is -2.41. The summed E-state index contributed by atoms with van der Waals surface area (Å²) in [5, 5.41) is 14.3. The zero-order valence-corrected chi connectivity index (χ0v) is 18.3. The minimum absolute atomic E-state index is 0.194. The predicted molar refractivity (Wildman–Crippen MR) is 120 cm³/mol. The van der Waals surface area contributed by atoms with Crippen molar-refractivity contribution < 1.29 is 19.5 Å². The van der Waals surface area contributed by atoms with Gasteiger partial charge in [-0.2, -0.15) is 0 Å². The van der Waals surface area contributed by atoms with Crippen LogP contribution < -0.4 is 10.6 Å². The minimum Gasteiger partial charge on any atom is -0.481 e.